The molecule has 0 aliphatic carbocycles. The number of hydrogen-bond acceptors (Lipinski definition) is 2. The lowest BCUT2D eigenvalue weighted by molar-refractivity contribution is -0.136. The van der Waals surface area contributed by atoms with Gasteiger partial charge in [0.05, 0.1) is 27.9 Å². The zero-order valence-electron chi connectivity index (χ0n) is 8.37. The van der Waals surface area contributed by atoms with Crippen molar-refractivity contribution in [3.05, 3.63) is 33.7 Å². The molecule has 6 heteroatoms. The lowest BCUT2D eigenvalue weighted by Gasteiger charge is -2.01. The number of rotatable bonds is 2. The molecule has 2 heterocycles. The van der Waals surface area contributed by atoms with Crippen LogP contribution in [0.15, 0.2) is 12.3 Å². The summed E-state index contributed by atoms with van der Waals surface area (Å²) < 4.78 is 1.62. The molecular weight excluding hydrogens is 251 g/mol. The Morgan fingerprint density at radius 1 is 1.56 bits per heavy atom. The van der Waals surface area contributed by atoms with E-state index in [4.69, 9.17) is 28.3 Å². The topological polar surface area (TPSA) is 54.6 Å². The van der Waals surface area contributed by atoms with E-state index in [1.165, 1.54) is 0 Å². The van der Waals surface area contributed by atoms with Gasteiger partial charge in [-0.2, -0.15) is 0 Å². The molecule has 4 nitrogen and oxygen atoms in total. The SMILES string of the molecule is Cc1nc2c(Cl)cc(Cl)cn2c1CC(=O)O. The van der Waals surface area contributed by atoms with Crippen LogP contribution in [0, 0.1) is 6.92 Å². The summed E-state index contributed by atoms with van der Waals surface area (Å²) in [6.45, 7) is 1.75. The average molecular weight is 259 g/mol. The molecule has 0 aliphatic heterocycles. The lowest BCUT2D eigenvalue weighted by Crippen LogP contribution is -2.04. The minimum atomic E-state index is -0.916. The minimum Gasteiger partial charge on any atom is -0.481 e. The van der Waals surface area contributed by atoms with E-state index >= 15 is 0 Å². The first-order chi connectivity index (χ1) is 7.49. The van der Waals surface area contributed by atoms with Crippen molar-refractivity contribution in [3.8, 4) is 0 Å². The van der Waals surface area contributed by atoms with E-state index in [1.807, 2.05) is 0 Å². The highest BCUT2D eigenvalue weighted by Crippen LogP contribution is 2.24. The van der Waals surface area contributed by atoms with Gasteiger partial charge in [-0.25, -0.2) is 4.98 Å². The molecule has 0 radical (unpaired) electrons. The van der Waals surface area contributed by atoms with Gasteiger partial charge in [-0.1, -0.05) is 23.2 Å². The molecule has 0 bridgehead atoms. The van der Waals surface area contributed by atoms with Crippen molar-refractivity contribution in [2.45, 2.75) is 13.3 Å². The van der Waals surface area contributed by atoms with Crippen LogP contribution in [0.25, 0.3) is 5.65 Å². The molecule has 0 unspecified atom stereocenters. The van der Waals surface area contributed by atoms with E-state index in [0.717, 1.165) is 0 Å². The van der Waals surface area contributed by atoms with Crippen molar-refractivity contribution in [2.75, 3.05) is 0 Å². The minimum absolute atomic E-state index is 0.107. The predicted octanol–water partition coefficient (Wildman–Crippen LogP) is 2.58. The van der Waals surface area contributed by atoms with Gasteiger partial charge in [-0.3, -0.25) is 4.79 Å². The number of hydrogen-bond donors (Lipinski definition) is 1. The van der Waals surface area contributed by atoms with Crippen LogP contribution in [0.2, 0.25) is 10.0 Å². The van der Waals surface area contributed by atoms with Crippen LogP contribution in [0.5, 0.6) is 0 Å². The van der Waals surface area contributed by atoms with Crippen LogP contribution in [0.4, 0.5) is 0 Å². The molecule has 0 aromatic carbocycles. The van der Waals surface area contributed by atoms with Gasteiger partial charge < -0.3 is 9.51 Å². The molecule has 0 spiro atoms. The average Bonchev–Trinajstić information content (AvgIpc) is 2.45. The van der Waals surface area contributed by atoms with Crippen molar-refractivity contribution in [1.82, 2.24) is 9.38 Å². The summed E-state index contributed by atoms with van der Waals surface area (Å²) >= 11 is 11.8. The van der Waals surface area contributed by atoms with Crippen molar-refractivity contribution in [3.63, 3.8) is 0 Å². The largest absolute Gasteiger partial charge is 0.481 e. The van der Waals surface area contributed by atoms with E-state index in [2.05, 4.69) is 4.98 Å². The highest BCUT2D eigenvalue weighted by molar-refractivity contribution is 6.36. The summed E-state index contributed by atoms with van der Waals surface area (Å²) in [5, 5.41) is 9.66. The Labute approximate surface area is 101 Å². The number of aliphatic carboxylic acids is 1. The zero-order chi connectivity index (χ0) is 11.9. The Bertz CT molecular complexity index is 578. The molecule has 84 valence electrons. The monoisotopic (exact) mass is 258 g/mol. The summed E-state index contributed by atoms with van der Waals surface area (Å²) in [7, 11) is 0. The van der Waals surface area contributed by atoms with Gasteiger partial charge in [0.25, 0.3) is 0 Å². The van der Waals surface area contributed by atoms with E-state index in [9.17, 15) is 4.79 Å². The molecule has 16 heavy (non-hydrogen) atoms. The molecule has 0 saturated carbocycles. The Balaban J connectivity index is 2.73. The van der Waals surface area contributed by atoms with Crippen LogP contribution in [0.3, 0.4) is 0 Å². The van der Waals surface area contributed by atoms with Crippen LogP contribution < -0.4 is 0 Å². The van der Waals surface area contributed by atoms with Crippen molar-refractivity contribution in [2.24, 2.45) is 0 Å². The molecular formula is C10H8Cl2N2O2. The molecule has 2 aromatic rings. The number of nitrogens with zero attached hydrogens (tertiary/aromatic N) is 2. The number of fused-ring (bicyclic) bond motifs is 1. The number of carbonyl (C=O) groups is 1. The third kappa shape index (κ3) is 1.86. The van der Waals surface area contributed by atoms with Gasteiger partial charge in [0, 0.05) is 6.20 Å². The van der Waals surface area contributed by atoms with Crippen molar-refractivity contribution in [1.29, 1.82) is 0 Å². The fourth-order valence-electron chi connectivity index (χ4n) is 1.59. The smallest absolute Gasteiger partial charge is 0.309 e. The fraction of sp³-hybridized carbons (Fsp3) is 0.200. The van der Waals surface area contributed by atoms with Gasteiger partial charge in [0.2, 0.25) is 0 Å². The number of carboxylic acid groups (broad SMARTS) is 1. The van der Waals surface area contributed by atoms with Crippen LogP contribution in [-0.2, 0) is 11.2 Å². The van der Waals surface area contributed by atoms with E-state index in [-0.39, 0.29) is 6.42 Å². The number of pyridine rings is 1. The Morgan fingerprint density at radius 2 is 2.25 bits per heavy atom. The first-order valence-electron chi connectivity index (χ1n) is 4.53. The number of aryl methyl sites for hydroxylation is 1. The summed E-state index contributed by atoms with van der Waals surface area (Å²) in [6, 6.07) is 1.58. The summed E-state index contributed by atoms with van der Waals surface area (Å²) in [5.41, 5.74) is 1.76. The third-order valence-electron chi connectivity index (χ3n) is 2.26. The zero-order valence-corrected chi connectivity index (χ0v) is 9.88. The maximum absolute atomic E-state index is 10.7. The highest BCUT2D eigenvalue weighted by Gasteiger charge is 2.14. The molecule has 0 aliphatic rings. The standard InChI is InChI=1S/C10H8Cl2N2O2/c1-5-8(3-9(15)16)14-4-6(11)2-7(12)10(14)13-5/h2,4H,3H2,1H3,(H,15,16). The van der Waals surface area contributed by atoms with Gasteiger partial charge in [-0.05, 0) is 13.0 Å². The fourth-order valence-corrected chi connectivity index (χ4v) is 2.10. The molecule has 2 aromatic heterocycles. The van der Waals surface area contributed by atoms with E-state index in [0.29, 0.717) is 27.1 Å². The van der Waals surface area contributed by atoms with Gasteiger partial charge in [0.1, 0.15) is 0 Å². The molecule has 0 saturated heterocycles. The normalized spacial score (nSPS) is 10.9. The summed E-state index contributed by atoms with van der Waals surface area (Å²) in [5.74, 6) is -0.916. The highest BCUT2D eigenvalue weighted by atomic mass is 35.5. The second-order valence-electron chi connectivity index (χ2n) is 3.41. The molecule has 2 rings (SSSR count). The van der Waals surface area contributed by atoms with Gasteiger partial charge in [0.15, 0.2) is 5.65 Å². The van der Waals surface area contributed by atoms with E-state index in [1.54, 1.807) is 23.6 Å². The van der Waals surface area contributed by atoms with Crippen LogP contribution >= 0.6 is 23.2 Å². The Hall–Kier alpha value is -1.26. The number of imidazole rings is 1. The van der Waals surface area contributed by atoms with Gasteiger partial charge in [-0.15, -0.1) is 0 Å². The van der Waals surface area contributed by atoms with Crippen molar-refractivity contribution < 1.29 is 9.90 Å². The maximum Gasteiger partial charge on any atom is 0.309 e. The second-order valence-corrected chi connectivity index (χ2v) is 4.26. The van der Waals surface area contributed by atoms with Crippen LogP contribution in [-0.4, -0.2) is 20.5 Å². The molecule has 0 atom stereocenters. The lowest BCUT2D eigenvalue weighted by atomic mass is 10.2. The van der Waals surface area contributed by atoms with Crippen LogP contribution in [0.1, 0.15) is 11.4 Å². The third-order valence-corrected chi connectivity index (χ3v) is 2.74. The van der Waals surface area contributed by atoms with Crippen molar-refractivity contribution >= 4 is 34.8 Å². The molecule has 0 amide bonds. The summed E-state index contributed by atoms with van der Waals surface area (Å²) in [6.07, 6.45) is 1.50. The van der Waals surface area contributed by atoms with E-state index < -0.39 is 5.97 Å². The number of carboxylic acids is 1. The second kappa shape index (κ2) is 3.96. The quantitative estimate of drug-likeness (QED) is 0.901. The number of aromatic nitrogens is 2. The van der Waals surface area contributed by atoms with Gasteiger partial charge >= 0.3 is 5.97 Å². The maximum atomic E-state index is 10.7. The predicted molar refractivity (Wildman–Crippen MR) is 61.3 cm³/mol. The molecule has 0 fully saturated rings. The number of halogens is 2. The Morgan fingerprint density at radius 3 is 2.88 bits per heavy atom. The molecule has 1 N–H and O–H groups in total. The Kier molecular flexibility index (Phi) is 2.78. The first kappa shape index (κ1) is 11.2. The first-order valence-corrected chi connectivity index (χ1v) is 5.29. The summed E-state index contributed by atoms with van der Waals surface area (Å²) in [4.78, 5) is 14.9.